The Morgan fingerprint density at radius 3 is 2.18 bits per heavy atom. The molecule has 8 nitrogen and oxygen atoms in total. The third-order valence-corrected chi connectivity index (χ3v) is 10.6. The molecule has 2 aromatic carbocycles. The Morgan fingerprint density at radius 1 is 0.977 bits per heavy atom. The van der Waals surface area contributed by atoms with E-state index >= 15 is 0 Å². The van der Waals surface area contributed by atoms with Gasteiger partial charge in [0.05, 0.1) is 5.56 Å². The maximum atomic E-state index is 14.5. The van der Waals surface area contributed by atoms with Crippen LogP contribution >= 0.6 is 0 Å². The van der Waals surface area contributed by atoms with Crippen molar-refractivity contribution in [2.75, 3.05) is 0 Å². The fraction of sp³-hybridized carbons (Fsp3) is 0.444. The molecule has 0 bridgehead atoms. The minimum absolute atomic E-state index is 0.0300. The average Bonchev–Trinajstić information content (AvgIpc) is 3.77. The molecular formula is C36H38O8. The number of ketones is 4. The SMILES string of the molecule is CC(=O)C1=C(O)[C@]2(O)C(=O)C3=C(O)c4c(O)ccc(-c5ccc(CC(=O)C6CC6)cc5)c4C[C@]3(C)C[C@]2(C)C(C(C)C)C1=O. The first kappa shape index (κ1) is 30.0. The van der Waals surface area contributed by atoms with Gasteiger partial charge in [0.1, 0.15) is 28.6 Å². The molecule has 6 rings (SSSR count). The third-order valence-electron chi connectivity index (χ3n) is 10.6. The van der Waals surface area contributed by atoms with Gasteiger partial charge < -0.3 is 20.4 Å². The summed E-state index contributed by atoms with van der Waals surface area (Å²) in [5.74, 6) is -5.04. The highest BCUT2D eigenvalue weighted by Gasteiger charge is 2.72. The molecule has 0 radical (unpaired) electrons. The number of carbonyl (C=O) groups excluding carboxylic acids is 4. The molecule has 4 N–H and O–H groups in total. The van der Waals surface area contributed by atoms with Gasteiger partial charge in [-0.2, -0.15) is 0 Å². The van der Waals surface area contributed by atoms with Gasteiger partial charge in [-0.1, -0.05) is 58.0 Å². The van der Waals surface area contributed by atoms with E-state index in [1.807, 2.05) is 24.3 Å². The lowest BCUT2D eigenvalue weighted by Crippen LogP contribution is -2.69. The summed E-state index contributed by atoms with van der Waals surface area (Å²) < 4.78 is 0. The number of carbonyl (C=O) groups is 4. The highest BCUT2D eigenvalue weighted by Crippen LogP contribution is 2.65. The number of hydrogen-bond donors (Lipinski definition) is 4. The van der Waals surface area contributed by atoms with Crippen LogP contribution < -0.4 is 0 Å². The smallest absolute Gasteiger partial charge is 0.203 e. The number of phenolic OH excluding ortho intramolecular Hbond substituents is 1. The Hall–Kier alpha value is -4.04. The lowest BCUT2D eigenvalue weighted by molar-refractivity contribution is -0.178. The van der Waals surface area contributed by atoms with Crippen LogP contribution in [0.3, 0.4) is 0 Å². The Morgan fingerprint density at radius 2 is 1.61 bits per heavy atom. The maximum Gasteiger partial charge on any atom is 0.203 e. The zero-order chi connectivity index (χ0) is 32.1. The number of aromatic hydroxyl groups is 1. The number of hydrogen-bond acceptors (Lipinski definition) is 8. The third kappa shape index (κ3) is 3.99. The van der Waals surface area contributed by atoms with Crippen LogP contribution in [0.1, 0.15) is 70.6 Å². The van der Waals surface area contributed by atoms with E-state index in [1.54, 1.807) is 33.8 Å². The average molecular weight is 599 g/mol. The molecule has 0 heterocycles. The van der Waals surface area contributed by atoms with Gasteiger partial charge in [-0.15, -0.1) is 0 Å². The summed E-state index contributed by atoms with van der Waals surface area (Å²) in [6, 6.07) is 10.8. The van der Waals surface area contributed by atoms with Crippen molar-refractivity contribution in [3.8, 4) is 16.9 Å². The first-order chi connectivity index (χ1) is 20.6. The molecule has 4 atom stereocenters. The van der Waals surface area contributed by atoms with Crippen LogP contribution in [0.15, 0.2) is 53.3 Å². The van der Waals surface area contributed by atoms with Crippen LogP contribution in [0.2, 0.25) is 0 Å². The molecule has 2 aromatic rings. The van der Waals surface area contributed by atoms with Gasteiger partial charge >= 0.3 is 0 Å². The first-order valence-corrected chi connectivity index (χ1v) is 15.2. The van der Waals surface area contributed by atoms with Gasteiger partial charge in [-0.3, -0.25) is 19.2 Å². The van der Waals surface area contributed by atoms with Gasteiger partial charge in [0, 0.05) is 34.7 Å². The number of allylic oxidation sites excluding steroid dienone is 1. The maximum absolute atomic E-state index is 14.5. The highest BCUT2D eigenvalue weighted by atomic mass is 16.3. The van der Waals surface area contributed by atoms with Crippen molar-refractivity contribution in [2.45, 2.75) is 72.3 Å². The van der Waals surface area contributed by atoms with Gasteiger partial charge in [-0.05, 0) is 66.8 Å². The van der Waals surface area contributed by atoms with Crippen molar-refractivity contribution in [1.29, 1.82) is 0 Å². The topological polar surface area (TPSA) is 149 Å². The Kier molecular flexibility index (Phi) is 6.64. The van der Waals surface area contributed by atoms with Crippen LogP contribution in [0, 0.1) is 28.6 Å². The molecule has 0 spiro atoms. The number of benzene rings is 2. The largest absolute Gasteiger partial charge is 0.508 e. The van der Waals surface area contributed by atoms with E-state index in [2.05, 4.69) is 0 Å². The molecule has 8 heteroatoms. The second-order valence-corrected chi connectivity index (χ2v) is 14.1. The number of aliphatic hydroxyl groups excluding tert-OH is 2. The van der Waals surface area contributed by atoms with E-state index in [1.165, 1.54) is 6.07 Å². The summed E-state index contributed by atoms with van der Waals surface area (Å²) in [6.45, 7) is 8.04. The number of Topliss-reactive ketones (excluding diaryl/α,β-unsaturated/α-hetero) is 4. The summed E-state index contributed by atoms with van der Waals surface area (Å²) in [6.07, 6.45) is 2.49. The van der Waals surface area contributed by atoms with Gasteiger partial charge in [0.2, 0.25) is 5.78 Å². The summed E-state index contributed by atoms with van der Waals surface area (Å²) in [5.41, 5.74) is -2.91. The Labute approximate surface area is 256 Å². The highest BCUT2D eigenvalue weighted by molar-refractivity contribution is 6.24. The second kappa shape index (κ2) is 9.73. The molecule has 0 saturated heterocycles. The molecule has 0 aromatic heterocycles. The molecular weight excluding hydrogens is 560 g/mol. The summed E-state index contributed by atoms with van der Waals surface area (Å²) in [4.78, 5) is 53.0. The molecule has 2 fully saturated rings. The molecule has 0 amide bonds. The van der Waals surface area contributed by atoms with E-state index in [-0.39, 0.29) is 41.4 Å². The second-order valence-electron chi connectivity index (χ2n) is 14.1. The minimum atomic E-state index is -2.64. The van der Waals surface area contributed by atoms with Crippen molar-refractivity contribution in [3.63, 3.8) is 0 Å². The van der Waals surface area contributed by atoms with Gasteiger partial charge in [0.25, 0.3) is 0 Å². The van der Waals surface area contributed by atoms with E-state index < -0.39 is 62.7 Å². The summed E-state index contributed by atoms with van der Waals surface area (Å²) >= 11 is 0. The van der Waals surface area contributed by atoms with Crippen molar-refractivity contribution in [2.24, 2.45) is 28.6 Å². The fourth-order valence-corrected chi connectivity index (χ4v) is 8.54. The van der Waals surface area contributed by atoms with Gasteiger partial charge in [0.15, 0.2) is 17.2 Å². The predicted octanol–water partition coefficient (Wildman–Crippen LogP) is 5.38. The minimum Gasteiger partial charge on any atom is -0.508 e. The first-order valence-electron chi connectivity index (χ1n) is 15.2. The zero-order valence-electron chi connectivity index (χ0n) is 25.7. The fourth-order valence-electron chi connectivity index (χ4n) is 8.54. The molecule has 44 heavy (non-hydrogen) atoms. The number of fused-ring (bicyclic) bond motifs is 3. The van der Waals surface area contributed by atoms with Crippen LogP contribution in [0.5, 0.6) is 5.75 Å². The van der Waals surface area contributed by atoms with Crippen molar-refractivity contribution in [3.05, 3.63) is 70.0 Å². The van der Waals surface area contributed by atoms with Crippen molar-refractivity contribution < 1.29 is 39.6 Å². The van der Waals surface area contributed by atoms with Crippen LogP contribution in [-0.4, -0.2) is 49.2 Å². The summed E-state index contributed by atoms with van der Waals surface area (Å²) in [7, 11) is 0. The predicted molar refractivity (Wildman–Crippen MR) is 163 cm³/mol. The van der Waals surface area contributed by atoms with E-state index in [0.29, 0.717) is 12.0 Å². The Bertz CT molecular complexity index is 1720. The number of rotatable bonds is 6. The Balaban J connectivity index is 1.51. The zero-order valence-corrected chi connectivity index (χ0v) is 25.7. The molecule has 4 aliphatic carbocycles. The number of aliphatic hydroxyl groups is 3. The van der Waals surface area contributed by atoms with E-state index in [4.69, 9.17) is 0 Å². The lowest BCUT2D eigenvalue weighted by Gasteiger charge is -2.59. The molecule has 4 aliphatic rings. The number of phenols is 1. The molecule has 230 valence electrons. The monoisotopic (exact) mass is 598 g/mol. The quantitative estimate of drug-likeness (QED) is 0.324. The van der Waals surface area contributed by atoms with Gasteiger partial charge in [-0.25, -0.2) is 0 Å². The lowest BCUT2D eigenvalue weighted by atomic mass is 9.43. The normalized spacial score (nSPS) is 29.8. The molecule has 1 unspecified atom stereocenters. The van der Waals surface area contributed by atoms with Crippen molar-refractivity contribution >= 4 is 28.9 Å². The standard InChI is InChI=1S/C36H38O8/c1-17(2)28-30(40)26(18(3)37)32(42)36(44)33(43)29-31(41)27-23(15-34(29,4)16-35(28,36)5)22(12-13-24(27)38)20-8-6-19(7-9-20)14-25(39)21-10-11-21/h6-9,12-13,17,21,28,38,41-42,44H,10-11,14-16H2,1-5H3/t28?,34-,35-,36+/m1/s1. The van der Waals surface area contributed by atoms with Crippen LogP contribution in [0.4, 0.5) is 0 Å². The van der Waals surface area contributed by atoms with Crippen LogP contribution in [0.25, 0.3) is 16.9 Å². The van der Waals surface area contributed by atoms with E-state index in [0.717, 1.165) is 36.5 Å². The molecule has 2 saturated carbocycles. The van der Waals surface area contributed by atoms with Crippen molar-refractivity contribution in [1.82, 2.24) is 0 Å². The van der Waals surface area contributed by atoms with Crippen LogP contribution in [-0.2, 0) is 32.0 Å². The summed E-state index contributed by atoms with van der Waals surface area (Å²) in [5, 5.41) is 46.2. The van der Waals surface area contributed by atoms with E-state index in [9.17, 15) is 39.6 Å². The molecule has 0 aliphatic heterocycles.